The lowest BCUT2D eigenvalue weighted by Gasteiger charge is -2.06. The smallest absolute Gasteiger partial charge is 0.224 e. The molecule has 1 amide bonds. The standard InChI is InChI=1S/C22H20N4OS2/c1-14-13-15(2)24-22(23-14)28-17-9-7-16(8-10-17)25-20(27)11-12-21-26-18-5-3-4-6-19(18)29-21/h3-10,13H,11-12H2,1-2H3,(H,25,27). The van der Waals surface area contributed by atoms with Crippen molar-refractivity contribution in [1.82, 2.24) is 15.0 Å². The fourth-order valence-corrected chi connectivity index (χ4v) is 4.75. The Morgan fingerprint density at radius 3 is 2.45 bits per heavy atom. The molecular formula is C22H20N4OS2. The normalized spacial score (nSPS) is 11.0. The zero-order valence-electron chi connectivity index (χ0n) is 16.2. The van der Waals surface area contributed by atoms with Crippen LogP contribution in [0, 0.1) is 13.8 Å². The average Bonchev–Trinajstić information content (AvgIpc) is 3.10. The Hall–Kier alpha value is -2.77. The molecule has 0 saturated heterocycles. The van der Waals surface area contributed by atoms with E-state index >= 15 is 0 Å². The van der Waals surface area contributed by atoms with E-state index < -0.39 is 0 Å². The van der Waals surface area contributed by atoms with E-state index in [0.717, 1.165) is 42.4 Å². The van der Waals surface area contributed by atoms with Crippen molar-refractivity contribution in [2.24, 2.45) is 0 Å². The predicted molar refractivity (Wildman–Crippen MR) is 119 cm³/mol. The highest BCUT2D eigenvalue weighted by Crippen LogP contribution is 2.26. The van der Waals surface area contributed by atoms with Gasteiger partial charge in [0.1, 0.15) is 0 Å². The molecule has 0 radical (unpaired) electrons. The topological polar surface area (TPSA) is 67.8 Å². The molecule has 0 saturated carbocycles. The second kappa shape index (κ2) is 8.71. The molecule has 4 aromatic rings. The number of nitrogens with zero attached hydrogens (tertiary/aromatic N) is 3. The maximum absolute atomic E-state index is 12.3. The number of anilines is 1. The number of carbonyl (C=O) groups excluding carboxylic acids is 1. The predicted octanol–water partition coefficient (Wildman–Crippen LogP) is 5.43. The minimum atomic E-state index is -0.0118. The lowest BCUT2D eigenvalue weighted by molar-refractivity contribution is -0.116. The summed E-state index contributed by atoms with van der Waals surface area (Å²) < 4.78 is 1.16. The first-order valence-electron chi connectivity index (χ1n) is 9.30. The Morgan fingerprint density at radius 1 is 1.00 bits per heavy atom. The number of aryl methyl sites for hydroxylation is 3. The number of amides is 1. The summed E-state index contributed by atoms with van der Waals surface area (Å²) in [5.74, 6) is -0.0118. The Balaban J connectivity index is 1.32. The summed E-state index contributed by atoms with van der Waals surface area (Å²) in [6.07, 6.45) is 1.05. The fraction of sp³-hybridized carbons (Fsp3) is 0.182. The van der Waals surface area contributed by atoms with E-state index in [9.17, 15) is 4.79 Å². The lowest BCUT2D eigenvalue weighted by atomic mass is 10.2. The van der Waals surface area contributed by atoms with E-state index in [4.69, 9.17) is 0 Å². The van der Waals surface area contributed by atoms with Crippen molar-refractivity contribution in [1.29, 1.82) is 0 Å². The third-order valence-electron chi connectivity index (χ3n) is 4.21. The molecule has 0 spiro atoms. The molecule has 0 aliphatic rings. The molecule has 4 rings (SSSR count). The van der Waals surface area contributed by atoms with Crippen molar-refractivity contribution in [2.75, 3.05) is 5.32 Å². The summed E-state index contributed by atoms with van der Waals surface area (Å²) >= 11 is 3.16. The van der Waals surface area contributed by atoms with Gasteiger partial charge in [0.2, 0.25) is 5.91 Å². The van der Waals surface area contributed by atoms with E-state index in [2.05, 4.69) is 26.3 Å². The minimum Gasteiger partial charge on any atom is -0.326 e. The van der Waals surface area contributed by atoms with Crippen molar-refractivity contribution in [3.05, 3.63) is 71.0 Å². The molecule has 0 fully saturated rings. The number of hydrogen-bond acceptors (Lipinski definition) is 6. The highest BCUT2D eigenvalue weighted by molar-refractivity contribution is 7.99. The maximum Gasteiger partial charge on any atom is 0.224 e. The number of fused-ring (bicyclic) bond motifs is 1. The average molecular weight is 421 g/mol. The van der Waals surface area contributed by atoms with Crippen molar-refractivity contribution in [3.63, 3.8) is 0 Å². The monoisotopic (exact) mass is 420 g/mol. The maximum atomic E-state index is 12.3. The van der Waals surface area contributed by atoms with Crippen LogP contribution in [0.5, 0.6) is 0 Å². The SMILES string of the molecule is Cc1cc(C)nc(Sc2ccc(NC(=O)CCc3nc4ccccc4s3)cc2)n1. The summed E-state index contributed by atoms with van der Waals surface area (Å²) in [4.78, 5) is 26.8. The van der Waals surface area contributed by atoms with Gasteiger partial charge in [-0.25, -0.2) is 15.0 Å². The molecule has 0 aliphatic carbocycles. The number of para-hydroxylation sites is 1. The Kier molecular flexibility index (Phi) is 5.87. The Bertz CT molecular complexity index is 1100. The van der Waals surface area contributed by atoms with Gasteiger partial charge >= 0.3 is 0 Å². The van der Waals surface area contributed by atoms with Crippen LogP contribution in [-0.4, -0.2) is 20.9 Å². The molecular weight excluding hydrogens is 400 g/mol. The van der Waals surface area contributed by atoms with Gasteiger partial charge in [0.25, 0.3) is 0 Å². The molecule has 29 heavy (non-hydrogen) atoms. The van der Waals surface area contributed by atoms with Crippen LogP contribution in [0.15, 0.2) is 64.6 Å². The summed E-state index contributed by atoms with van der Waals surface area (Å²) in [6, 6.07) is 17.7. The highest BCUT2D eigenvalue weighted by atomic mass is 32.2. The fourth-order valence-electron chi connectivity index (χ4n) is 2.92. The van der Waals surface area contributed by atoms with E-state index in [-0.39, 0.29) is 5.91 Å². The number of benzene rings is 2. The van der Waals surface area contributed by atoms with E-state index in [0.29, 0.717) is 12.8 Å². The van der Waals surface area contributed by atoms with Crippen LogP contribution in [0.2, 0.25) is 0 Å². The van der Waals surface area contributed by atoms with Gasteiger partial charge in [-0.05, 0) is 68.1 Å². The Morgan fingerprint density at radius 2 is 1.72 bits per heavy atom. The molecule has 2 aromatic heterocycles. The van der Waals surface area contributed by atoms with Crippen LogP contribution in [0.4, 0.5) is 5.69 Å². The highest BCUT2D eigenvalue weighted by Gasteiger charge is 2.08. The quantitative estimate of drug-likeness (QED) is 0.422. The largest absolute Gasteiger partial charge is 0.326 e. The number of nitrogens with one attached hydrogen (secondary N) is 1. The van der Waals surface area contributed by atoms with Gasteiger partial charge in [-0.3, -0.25) is 4.79 Å². The van der Waals surface area contributed by atoms with E-state index in [1.54, 1.807) is 11.3 Å². The first kappa shape index (κ1) is 19.5. The zero-order chi connectivity index (χ0) is 20.2. The van der Waals surface area contributed by atoms with Crippen LogP contribution in [-0.2, 0) is 11.2 Å². The van der Waals surface area contributed by atoms with Gasteiger partial charge in [0, 0.05) is 34.8 Å². The summed E-state index contributed by atoms with van der Waals surface area (Å²) in [6.45, 7) is 3.93. The first-order chi connectivity index (χ1) is 14.0. The van der Waals surface area contributed by atoms with Gasteiger partial charge in [-0.1, -0.05) is 12.1 Å². The van der Waals surface area contributed by atoms with Gasteiger partial charge in [-0.15, -0.1) is 11.3 Å². The molecule has 0 unspecified atom stereocenters. The molecule has 2 heterocycles. The third-order valence-corrected chi connectivity index (χ3v) is 6.18. The number of hydrogen-bond donors (Lipinski definition) is 1. The lowest BCUT2D eigenvalue weighted by Crippen LogP contribution is -2.12. The van der Waals surface area contributed by atoms with Crippen molar-refractivity contribution >= 4 is 44.9 Å². The Labute approximate surface area is 177 Å². The summed E-state index contributed by atoms with van der Waals surface area (Å²) in [7, 11) is 0. The molecule has 1 N–H and O–H groups in total. The molecule has 2 aromatic carbocycles. The molecule has 0 atom stereocenters. The van der Waals surface area contributed by atoms with E-state index in [1.165, 1.54) is 11.8 Å². The number of rotatable bonds is 6. The van der Waals surface area contributed by atoms with Crippen LogP contribution in [0.3, 0.4) is 0 Å². The van der Waals surface area contributed by atoms with Gasteiger partial charge in [0.05, 0.1) is 15.2 Å². The van der Waals surface area contributed by atoms with Crippen LogP contribution < -0.4 is 5.32 Å². The summed E-state index contributed by atoms with van der Waals surface area (Å²) in [5.41, 5.74) is 3.69. The number of aromatic nitrogens is 3. The number of thiazole rings is 1. The first-order valence-corrected chi connectivity index (χ1v) is 10.9. The third kappa shape index (κ3) is 5.19. The summed E-state index contributed by atoms with van der Waals surface area (Å²) in [5, 5.41) is 4.67. The van der Waals surface area contributed by atoms with Gasteiger partial charge in [-0.2, -0.15) is 0 Å². The van der Waals surface area contributed by atoms with Crippen molar-refractivity contribution in [3.8, 4) is 0 Å². The van der Waals surface area contributed by atoms with Gasteiger partial charge in [0.15, 0.2) is 5.16 Å². The van der Waals surface area contributed by atoms with Crippen molar-refractivity contribution in [2.45, 2.75) is 36.7 Å². The van der Waals surface area contributed by atoms with Crippen LogP contribution in [0.25, 0.3) is 10.2 Å². The van der Waals surface area contributed by atoms with Crippen LogP contribution in [0.1, 0.15) is 22.8 Å². The minimum absolute atomic E-state index is 0.0118. The molecule has 0 bridgehead atoms. The molecule has 0 aliphatic heterocycles. The van der Waals surface area contributed by atoms with E-state index in [1.807, 2.05) is 62.4 Å². The second-order valence-corrected chi connectivity index (χ2v) is 8.84. The van der Waals surface area contributed by atoms with Crippen LogP contribution >= 0.6 is 23.1 Å². The number of carbonyl (C=O) groups is 1. The zero-order valence-corrected chi connectivity index (χ0v) is 17.8. The van der Waals surface area contributed by atoms with Gasteiger partial charge < -0.3 is 5.32 Å². The molecule has 7 heteroatoms. The molecule has 5 nitrogen and oxygen atoms in total. The second-order valence-electron chi connectivity index (χ2n) is 6.68. The van der Waals surface area contributed by atoms with Crippen molar-refractivity contribution < 1.29 is 4.79 Å². The molecule has 146 valence electrons.